The zero-order valence-electron chi connectivity index (χ0n) is 7.06. The van der Waals surface area contributed by atoms with E-state index in [0.717, 1.165) is 5.69 Å². The minimum Gasteiger partial charge on any atom is -0.366 e. The average Bonchev–Trinajstić information content (AvgIpc) is 2.87. The molecule has 1 aliphatic carbocycles. The van der Waals surface area contributed by atoms with Crippen LogP contribution >= 0.6 is 12.4 Å². The molecule has 1 heterocycles. The summed E-state index contributed by atoms with van der Waals surface area (Å²) in [5.41, 5.74) is 6.70. The maximum atomic E-state index is 10.8. The molecule has 1 aliphatic rings. The molecule has 0 radical (unpaired) electrons. The fraction of sp³-hybridized carbons (Fsp3) is 0.333. The Hall–Kier alpha value is -1.09. The second kappa shape index (κ2) is 3.75. The van der Waals surface area contributed by atoms with Crippen molar-refractivity contribution in [1.29, 1.82) is 0 Å². The lowest BCUT2D eigenvalue weighted by atomic mass is 10.2. The Morgan fingerprint density at radius 3 is 2.77 bits per heavy atom. The number of halogens is 1. The highest BCUT2D eigenvalue weighted by Crippen LogP contribution is 2.38. The summed E-state index contributed by atoms with van der Waals surface area (Å²) in [6.45, 7) is 0. The van der Waals surface area contributed by atoms with Crippen LogP contribution in [-0.2, 0) is 0 Å². The molecule has 0 bridgehead atoms. The van der Waals surface area contributed by atoms with Gasteiger partial charge in [-0.3, -0.25) is 9.78 Å². The molecule has 4 heteroatoms. The van der Waals surface area contributed by atoms with Crippen molar-refractivity contribution >= 4 is 18.3 Å². The fourth-order valence-electron chi connectivity index (χ4n) is 1.20. The van der Waals surface area contributed by atoms with Crippen LogP contribution < -0.4 is 5.73 Å². The first kappa shape index (κ1) is 9.99. The molecule has 0 saturated heterocycles. The van der Waals surface area contributed by atoms with Crippen molar-refractivity contribution in [3.8, 4) is 0 Å². The van der Waals surface area contributed by atoms with Gasteiger partial charge in [0.15, 0.2) is 0 Å². The minimum atomic E-state index is -0.376. The molecule has 3 nitrogen and oxygen atoms in total. The Kier molecular flexibility index (Phi) is 2.88. The first-order valence-electron chi connectivity index (χ1n) is 4.03. The van der Waals surface area contributed by atoms with Crippen LogP contribution in [0.2, 0.25) is 0 Å². The molecule has 0 spiro atoms. The van der Waals surface area contributed by atoms with E-state index in [-0.39, 0.29) is 18.3 Å². The fourth-order valence-corrected chi connectivity index (χ4v) is 1.20. The Labute approximate surface area is 82.8 Å². The van der Waals surface area contributed by atoms with Crippen LogP contribution in [0.15, 0.2) is 18.3 Å². The van der Waals surface area contributed by atoms with Gasteiger partial charge in [-0.15, -0.1) is 12.4 Å². The monoisotopic (exact) mass is 198 g/mol. The lowest BCUT2D eigenvalue weighted by Crippen LogP contribution is -2.11. The highest BCUT2D eigenvalue weighted by atomic mass is 35.5. The lowest BCUT2D eigenvalue weighted by Gasteiger charge is -1.98. The number of amides is 1. The second-order valence-electron chi connectivity index (χ2n) is 3.11. The smallest absolute Gasteiger partial charge is 0.248 e. The van der Waals surface area contributed by atoms with Crippen molar-refractivity contribution < 1.29 is 4.79 Å². The second-order valence-corrected chi connectivity index (χ2v) is 3.11. The van der Waals surface area contributed by atoms with Gasteiger partial charge in [0, 0.05) is 23.4 Å². The third-order valence-corrected chi connectivity index (χ3v) is 2.06. The van der Waals surface area contributed by atoms with E-state index in [1.54, 1.807) is 18.3 Å². The first-order chi connectivity index (χ1) is 5.77. The summed E-state index contributed by atoms with van der Waals surface area (Å²) >= 11 is 0. The maximum absolute atomic E-state index is 10.8. The topological polar surface area (TPSA) is 56.0 Å². The average molecular weight is 199 g/mol. The van der Waals surface area contributed by atoms with Gasteiger partial charge in [-0.05, 0) is 25.0 Å². The third kappa shape index (κ3) is 2.18. The van der Waals surface area contributed by atoms with E-state index in [1.165, 1.54) is 12.8 Å². The number of carbonyl (C=O) groups excluding carboxylic acids is 1. The zero-order valence-corrected chi connectivity index (χ0v) is 7.88. The van der Waals surface area contributed by atoms with Gasteiger partial charge in [0.25, 0.3) is 0 Å². The molecule has 1 aromatic heterocycles. The minimum absolute atomic E-state index is 0. The Bertz CT molecular complexity index is 323. The molecule has 2 N–H and O–H groups in total. The summed E-state index contributed by atoms with van der Waals surface area (Å²) in [7, 11) is 0. The molecule has 0 aromatic carbocycles. The molecule has 0 atom stereocenters. The van der Waals surface area contributed by atoms with Gasteiger partial charge >= 0.3 is 0 Å². The zero-order chi connectivity index (χ0) is 8.55. The number of hydrogen-bond donors (Lipinski definition) is 1. The van der Waals surface area contributed by atoms with Crippen LogP contribution in [0.3, 0.4) is 0 Å². The number of rotatable bonds is 2. The summed E-state index contributed by atoms with van der Waals surface area (Å²) in [5, 5.41) is 0. The molecule has 0 unspecified atom stereocenters. The van der Waals surface area contributed by atoms with Crippen LogP contribution in [0.25, 0.3) is 0 Å². The molecule has 70 valence electrons. The Balaban J connectivity index is 0.000000845. The van der Waals surface area contributed by atoms with Crippen LogP contribution in [0, 0.1) is 0 Å². The highest BCUT2D eigenvalue weighted by Gasteiger charge is 2.25. The maximum Gasteiger partial charge on any atom is 0.248 e. The van der Waals surface area contributed by atoms with E-state index in [9.17, 15) is 4.79 Å². The number of aromatic nitrogens is 1. The molecular weight excluding hydrogens is 188 g/mol. The van der Waals surface area contributed by atoms with Crippen molar-refractivity contribution in [1.82, 2.24) is 4.98 Å². The Morgan fingerprint density at radius 2 is 2.23 bits per heavy atom. The summed E-state index contributed by atoms with van der Waals surface area (Å²) < 4.78 is 0. The quantitative estimate of drug-likeness (QED) is 0.783. The van der Waals surface area contributed by atoms with Gasteiger partial charge in [0.2, 0.25) is 5.91 Å². The van der Waals surface area contributed by atoms with Crippen LogP contribution in [0.4, 0.5) is 0 Å². The molecule has 1 aromatic rings. The standard InChI is InChI=1S/C9H10N2O.ClH/c10-9(12)7-3-4-11-8(5-7)6-1-2-6;/h3-6H,1-2H2,(H2,10,12);1H. The van der Waals surface area contributed by atoms with Gasteiger partial charge in [0.1, 0.15) is 0 Å². The van der Waals surface area contributed by atoms with Crippen molar-refractivity contribution in [2.24, 2.45) is 5.73 Å². The van der Waals surface area contributed by atoms with E-state index in [1.807, 2.05) is 0 Å². The summed E-state index contributed by atoms with van der Waals surface area (Å²) in [6.07, 6.45) is 4.03. The van der Waals surface area contributed by atoms with Crippen molar-refractivity contribution in [3.63, 3.8) is 0 Å². The van der Waals surface area contributed by atoms with E-state index < -0.39 is 0 Å². The summed E-state index contributed by atoms with van der Waals surface area (Å²) in [6, 6.07) is 3.44. The number of nitrogens with two attached hydrogens (primary N) is 1. The number of hydrogen-bond acceptors (Lipinski definition) is 2. The van der Waals surface area contributed by atoms with Crippen LogP contribution in [0.1, 0.15) is 34.8 Å². The predicted molar refractivity (Wildman–Crippen MR) is 52.0 cm³/mol. The van der Waals surface area contributed by atoms with Crippen LogP contribution in [-0.4, -0.2) is 10.9 Å². The van der Waals surface area contributed by atoms with Gasteiger partial charge in [-0.2, -0.15) is 0 Å². The molecule has 1 saturated carbocycles. The largest absolute Gasteiger partial charge is 0.366 e. The summed E-state index contributed by atoms with van der Waals surface area (Å²) in [5.74, 6) is 0.198. The molecular formula is C9H11ClN2O. The number of pyridine rings is 1. The highest BCUT2D eigenvalue weighted by molar-refractivity contribution is 5.92. The van der Waals surface area contributed by atoms with Gasteiger partial charge in [-0.25, -0.2) is 0 Å². The molecule has 1 amide bonds. The molecule has 0 aliphatic heterocycles. The summed E-state index contributed by atoms with van der Waals surface area (Å²) in [4.78, 5) is 15.0. The van der Waals surface area contributed by atoms with Crippen LogP contribution in [0.5, 0.6) is 0 Å². The Morgan fingerprint density at radius 1 is 1.54 bits per heavy atom. The van der Waals surface area contributed by atoms with Crippen molar-refractivity contribution in [2.45, 2.75) is 18.8 Å². The number of primary amides is 1. The number of carbonyl (C=O) groups is 1. The van der Waals surface area contributed by atoms with Gasteiger partial charge in [-0.1, -0.05) is 0 Å². The first-order valence-corrected chi connectivity index (χ1v) is 4.03. The molecule has 13 heavy (non-hydrogen) atoms. The normalized spacial score (nSPS) is 14.8. The lowest BCUT2D eigenvalue weighted by molar-refractivity contribution is 0.1000. The SMILES string of the molecule is Cl.NC(=O)c1ccnc(C2CC2)c1. The predicted octanol–water partition coefficient (Wildman–Crippen LogP) is 1.48. The van der Waals surface area contributed by atoms with Gasteiger partial charge in [0.05, 0.1) is 0 Å². The van der Waals surface area contributed by atoms with E-state index in [0.29, 0.717) is 11.5 Å². The van der Waals surface area contributed by atoms with E-state index in [2.05, 4.69) is 4.98 Å². The van der Waals surface area contributed by atoms with Crippen molar-refractivity contribution in [3.05, 3.63) is 29.6 Å². The third-order valence-electron chi connectivity index (χ3n) is 2.06. The molecule has 2 rings (SSSR count). The van der Waals surface area contributed by atoms with Gasteiger partial charge < -0.3 is 5.73 Å². The molecule has 1 fully saturated rings. The van der Waals surface area contributed by atoms with E-state index >= 15 is 0 Å². The number of nitrogens with zero attached hydrogens (tertiary/aromatic N) is 1. The van der Waals surface area contributed by atoms with E-state index in [4.69, 9.17) is 5.73 Å². The van der Waals surface area contributed by atoms with Crippen molar-refractivity contribution in [2.75, 3.05) is 0 Å².